The van der Waals surface area contributed by atoms with Crippen LogP contribution in [-0.2, 0) is 16.1 Å². The van der Waals surface area contributed by atoms with E-state index >= 15 is 0 Å². The van der Waals surface area contributed by atoms with E-state index < -0.39 is 0 Å². The highest BCUT2D eigenvalue weighted by Crippen LogP contribution is 2.31. The Bertz CT molecular complexity index is 1090. The van der Waals surface area contributed by atoms with Crippen LogP contribution >= 0.6 is 23.1 Å². The molecule has 7 nitrogen and oxygen atoms in total. The number of thiophene rings is 1. The molecule has 0 saturated carbocycles. The lowest BCUT2D eigenvalue weighted by atomic mass is 10.1. The van der Waals surface area contributed by atoms with Crippen LogP contribution in [0.25, 0.3) is 10.7 Å². The van der Waals surface area contributed by atoms with Crippen molar-refractivity contribution in [1.82, 2.24) is 14.8 Å². The summed E-state index contributed by atoms with van der Waals surface area (Å²) in [6.07, 6.45) is 2.21. The van der Waals surface area contributed by atoms with E-state index in [9.17, 15) is 9.59 Å². The van der Waals surface area contributed by atoms with Crippen LogP contribution in [0, 0.1) is 5.92 Å². The SMILES string of the molecule is CC(C)C(=O)Nc1ccc(C(=O)C(C)Sc2nnc(-c3cccs3)n2CC2CCCO2)cc1. The van der Waals surface area contributed by atoms with Crippen LogP contribution in [0.5, 0.6) is 0 Å². The predicted octanol–water partition coefficient (Wildman–Crippen LogP) is 5.14. The number of ether oxygens (including phenoxy) is 1. The molecule has 1 N–H and O–H groups in total. The number of nitrogens with zero attached hydrogens (tertiary/aromatic N) is 3. The van der Waals surface area contributed by atoms with Gasteiger partial charge in [0.25, 0.3) is 0 Å². The monoisotopic (exact) mass is 484 g/mol. The van der Waals surface area contributed by atoms with E-state index in [4.69, 9.17) is 4.74 Å². The van der Waals surface area contributed by atoms with E-state index in [0.717, 1.165) is 35.3 Å². The Morgan fingerprint density at radius 3 is 2.64 bits per heavy atom. The van der Waals surface area contributed by atoms with Crippen molar-refractivity contribution in [3.63, 3.8) is 0 Å². The van der Waals surface area contributed by atoms with Crippen LogP contribution in [0.2, 0.25) is 0 Å². The minimum Gasteiger partial charge on any atom is -0.376 e. The summed E-state index contributed by atoms with van der Waals surface area (Å²) in [6, 6.07) is 11.1. The maximum absolute atomic E-state index is 13.1. The largest absolute Gasteiger partial charge is 0.376 e. The molecule has 1 aliphatic heterocycles. The van der Waals surface area contributed by atoms with Gasteiger partial charge < -0.3 is 10.1 Å². The van der Waals surface area contributed by atoms with Gasteiger partial charge in [0.15, 0.2) is 16.8 Å². The first-order chi connectivity index (χ1) is 15.9. The van der Waals surface area contributed by atoms with Gasteiger partial charge in [-0.2, -0.15) is 0 Å². The summed E-state index contributed by atoms with van der Waals surface area (Å²) in [5.41, 5.74) is 1.28. The number of ketones is 1. The molecule has 0 bridgehead atoms. The van der Waals surface area contributed by atoms with Crippen molar-refractivity contribution in [3.8, 4) is 10.7 Å². The lowest BCUT2D eigenvalue weighted by molar-refractivity contribution is -0.118. The average molecular weight is 485 g/mol. The molecule has 1 aliphatic rings. The first-order valence-corrected chi connectivity index (χ1v) is 12.9. The number of anilines is 1. The third kappa shape index (κ3) is 5.72. The molecule has 0 aliphatic carbocycles. The molecule has 2 unspecified atom stereocenters. The molecule has 2 atom stereocenters. The molecule has 1 aromatic carbocycles. The number of Topliss-reactive ketones (excluding diaryl/α,β-unsaturated/α-hetero) is 1. The molecule has 1 amide bonds. The van der Waals surface area contributed by atoms with E-state index in [1.54, 1.807) is 35.6 Å². The first kappa shape index (κ1) is 23.7. The van der Waals surface area contributed by atoms with Gasteiger partial charge in [-0.15, -0.1) is 21.5 Å². The Balaban J connectivity index is 1.49. The van der Waals surface area contributed by atoms with Crippen molar-refractivity contribution in [2.24, 2.45) is 5.92 Å². The average Bonchev–Trinajstić information content (AvgIpc) is 3.57. The van der Waals surface area contributed by atoms with E-state index in [-0.39, 0.29) is 29.0 Å². The third-order valence-electron chi connectivity index (χ3n) is 5.48. The number of carbonyl (C=O) groups excluding carboxylic acids is 2. The summed E-state index contributed by atoms with van der Waals surface area (Å²) in [7, 11) is 0. The molecule has 3 aromatic rings. The van der Waals surface area contributed by atoms with Crippen molar-refractivity contribution in [3.05, 3.63) is 47.3 Å². The topological polar surface area (TPSA) is 86.1 Å². The summed E-state index contributed by atoms with van der Waals surface area (Å²) in [6.45, 7) is 7.03. The van der Waals surface area contributed by atoms with Gasteiger partial charge in [-0.05, 0) is 55.5 Å². The van der Waals surface area contributed by atoms with Crippen LogP contribution in [0.15, 0.2) is 46.9 Å². The molecule has 9 heteroatoms. The highest BCUT2D eigenvalue weighted by atomic mass is 32.2. The number of benzene rings is 1. The summed E-state index contributed by atoms with van der Waals surface area (Å²) in [4.78, 5) is 26.0. The summed E-state index contributed by atoms with van der Waals surface area (Å²) < 4.78 is 7.93. The number of carbonyl (C=O) groups is 2. The van der Waals surface area contributed by atoms with Gasteiger partial charge in [-0.3, -0.25) is 14.2 Å². The van der Waals surface area contributed by atoms with Crippen molar-refractivity contribution < 1.29 is 14.3 Å². The van der Waals surface area contributed by atoms with Gasteiger partial charge in [0, 0.05) is 23.8 Å². The third-order valence-corrected chi connectivity index (χ3v) is 7.43. The predicted molar refractivity (Wildman–Crippen MR) is 132 cm³/mol. The van der Waals surface area contributed by atoms with E-state index in [1.165, 1.54) is 11.8 Å². The van der Waals surface area contributed by atoms with Crippen molar-refractivity contribution in [1.29, 1.82) is 0 Å². The van der Waals surface area contributed by atoms with E-state index in [1.807, 2.05) is 38.3 Å². The van der Waals surface area contributed by atoms with Gasteiger partial charge in [-0.25, -0.2) is 0 Å². The van der Waals surface area contributed by atoms with E-state index in [0.29, 0.717) is 17.8 Å². The van der Waals surface area contributed by atoms with Crippen LogP contribution in [0.1, 0.15) is 44.0 Å². The molecular weight excluding hydrogens is 456 g/mol. The fourth-order valence-electron chi connectivity index (χ4n) is 3.57. The Kier molecular flexibility index (Phi) is 7.62. The van der Waals surface area contributed by atoms with Gasteiger partial charge in [-0.1, -0.05) is 31.7 Å². The number of amides is 1. The zero-order valence-electron chi connectivity index (χ0n) is 19.0. The maximum Gasteiger partial charge on any atom is 0.226 e. The van der Waals surface area contributed by atoms with Gasteiger partial charge >= 0.3 is 0 Å². The lowest BCUT2D eigenvalue weighted by Gasteiger charge is -2.16. The highest BCUT2D eigenvalue weighted by Gasteiger charge is 2.25. The molecule has 33 heavy (non-hydrogen) atoms. The normalized spacial score (nSPS) is 16.8. The van der Waals surface area contributed by atoms with Crippen LogP contribution in [0.4, 0.5) is 5.69 Å². The molecule has 0 radical (unpaired) electrons. The number of thioether (sulfide) groups is 1. The van der Waals surface area contributed by atoms with E-state index in [2.05, 4.69) is 20.1 Å². The molecule has 2 aromatic heterocycles. The molecule has 0 spiro atoms. The fraction of sp³-hybridized carbons (Fsp3) is 0.417. The van der Waals surface area contributed by atoms with Crippen LogP contribution in [0.3, 0.4) is 0 Å². The van der Waals surface area contributed by atoms with Gasteiger partial charge in [0.2, 0.25) is 5.91 Å². The summed E-state index contributed by atoms with van der Waals surface area (Å²) in [5, 5.41) is 14.1. The standard InChI is InChI=1S/C24H28N4O3S2/c1-15(2)23(30)25-18-10-8-17(9-11-18)21(29)16(3)33-24-27-26-22(20-7-5-13-32-20)28(24)14-19-6-4-12-31-19/h5,7-11,13,15-16,19H,4,6,12,14H2,1-3H3,(H,25,30). The zero-order chi connectivity index (χ0) is 23.4. The molecule has 1 fully saturated rings. The number of hydrogen-bond acceptors (Lipinski definition) is 7. The second-order valence-corrected chi connectivity index (χ2v) is 10.6. The second kappa shape index (κ2) is 10.6. The Labute approximate surface area is 201 Å². The minimum atomic E-state index is -0.343. The Morgan fingerprint density at radius 1 is 1.21 bits per heavy atom. The molecular formula is C24H28N4O3S2. The highest BCUT2D eigenvalue weighted by molar-refractivity contribution is 8.00. The van der Waals surface area contributed by atoms with Crippen LogP contribution in [-0.4, -0.2) is 44.4 Å². The number of aromatic nitrogens is 3. The number of nitrogens with one attached hydrogen (secondary N) is 1. The fourth-order valence-corrected chi connectivity index (χ4v) is 5.22. The van der Waals surface area contributed by atoms with Crippen molar-refractivity contribution in [2.45, 2.75) is 56.7 Å². The number of rotatable bonds is 9. The lowest BCUT2D eigenvalue weighted by Crippen LogP contribution is -2.19. The Morgan fingerprint density at radius 2 is 2.00 bits per heavy atom. The number of hydrogen-bond donors (Lipinski definition) is 1. The van der Waals surface area contributed by atoms with Gasteiger partial charge in [0.1, 0.15) is 0 Å². The summed E-state index contributed by atoms with van der Waals surface area (Å²) in [5.74, 6) is 0.665. The molecule has 3 heterocycles. The minimum absolute atomic E-state index is 0.00563. The summed E-state index contributed by atoms with van der Waals surface area (Å²) >= 11 is 3.03. The second-order valence-electron chi connectivity index (χ2n) is 8.37. The molecule has 1 saturated heterocycles. The quantitative estimate of drug-likeness (QED) is 0.334. The van der Waals surface area contributed by atoms with Gasteiger partial charge in [0.05, 0.1) is 22.8 Å². The molecule has 174 valence electrons. The maximum atomic E-state index is 13.1. The zero-order valence-corrected chi connectivity index (χ0v) is 20.6. The van der Waals surface area contributed by atoms with Crippen molar-refractivity contribution >= 4 is 40.5 Å². The first-order valence-electron chi connectivity index (χ1n) is 11.1. The van der Waals surface area contributed by atoms with Crippen molar-refractivity contribution in [2.75, 3.05) is 11.9 Å². The van der Waals surface area contributed by atoms with Crippen LogP contribution < -0.4 is 5.32 Å². The smallest absolute Gasteiger partial charge is 0.226 e. The molecule has 4 rings (SSSR count). The Hall–Kier alpha value is -2.49.